The van der Waals surface area contributed by atoms with Gasteiger partial charge in [-0.3, -0.25) is 9.59 Å². The number of aliphatic carboxylic acids is 1. The van der Waals surface area contributed by atoms with E-state index < -0.39 is 47.9 Å². The molecule has 2 N–H and O–H groups in total. The van der Waals surface area contributed by atoms with Crippen molar-refractivity contribution in [2.45, 2.75) is 65.0 Å². The van der Waals surface area contributed by atoms with Gasteiger partial charge in [0.15, 0.2) is 0 Å². The summed E-state index contributed by atoms with van der Waals surface area (Å²) in [6.07, 6.45) is -0.488. The van der Waals surface area contributed by atoms with Crippen LogP contribution in [0.25, 0.3) is 0 Å². The summed E-state index contributed by atoms with van der Waals surface area (Å²) in [5, 5.41) is 12.2. The van der Waals surface area contributed by atoms with Crippen LogP contribution in [0.4, 0.5) is 5.69 Å². The lowest BCUT2D eigenvalue weighted by molar-refractivity contribution is -0.147. The maximum absolute atomic E-state index is 13.0. The number of hydrogen-bond donors (Lipinski definition) is 2. The number of benzene rings is 1. The van der Waals surface area contributed by atoms with Gasteiger partial charge in [-0.15, -0.1) is 0 Å². The zero-order chi connectivity index (χ0) is 22.9. The maximum Gasteiger partial charge on any atom is 0.338 e. The molecule has 1 aromatic carbocycles. The summed E-state index contributed by atoms with van der Waals surface area (Å²) in [7, 11) is 0. The van der Waals surface area contributed by atoms with Crippen molar-refractivity contribution in [2.75, 3.05) is 5.32 Å². The fourth-order valence-electron chi connectivity index (χ4n) is 4.05. The standard InChI is InChI=1S/C22H27NO8/c1-10(2)29-21(27)12-7-13(22(28)30-11(3)4)9-14(8-12)23-19(24)17-15-5-6-16(31-15)18(17)20(25)26/h7-11,15-18H,5-6H2,1-4H3,(H,23,24)(H,25,26)/t15-,16-,17+,18+/m1/s1. The third-order valence-electron chi connectivity index (χ3n) is 5.22. The summed E-state index contributed by atoms with van der Waals surface area (Å²) in [4.78, 5) is 49.4. The predicted octanol–water partition coefficient (Wildman–Crippen LogP) is 2.63. The number of amides is 1. The van der Waals surface area contributed by atoms with Crippen LogP contribution < -0.4 is 5.32 Å². The molecule has 1 aromatic rings. The Bertz CT molecular complexity index is 853. The molecule has 2 saturated heterocycles. The maximum atomic E-state index is 13.0. The Labute approximate surface area is 180 Å². The lowest BCUT2D eigenvalue weighted by Crippen LogP contribution is -2.41. The van der Waals surface area contributed by atoms with Crippen LogP contribution in [0, 0.1) is 11.8 Å². The molecule has 4 atom stereocenters. The molecule has 2 aliphatic heterocycles. The van der Waals surface area contributed by atoms with Crippen molar-refractivity contribution >= 4 is 29.5 Å². The third-order valence-corrected chi connectivity index (χ3v) is 5.22. The number of carbonyl (C=O) groups is 4. The smallest absolute Gasteiger partial charge is 0.338 e. The number of carboxylic acid groups (broad SMARTS) is 1. The number of esters is 2. The minimum absolute atomic E-state index is 0.0705. The summed E-state index contributed by atoms with van der Waals surface area (Å²) in [6, 6.07) is 4.11. The van der Waals surface area contributed by atoms with Crippen molar-refractivity contribution in [3.63, 3.8) is 0 Å². The third kappa shape index (κ3) is 5.04. The fourth-order valence-corrected chi connectivity index (χ4v) is 4.05. The average molecular weight is 433 g/mol. The van der Waals surface area contributed by atoms with Crippen molar-refractivity contribution in [3.8, 4) is 0 Å². The Morgan fingerprint density at radius 2 is 1.39 bits per heavy atom. The van der Waals surface area contributed by atoms with E-state index in [1.54, 1.807) is 27.7 Å². The second kappa shape index (κ2) is 9.05. The minimum Gasteiger partial charge on any atom is -0.481 e. The second-order valence-corrected chi connectivity index (χ2v) is 8.38. The number of rotatable bonds is 7. The number of ether oxygens (including phenoxy) is 3. The summed E-state index contributed by atoms with van der Waals surface area (Å²) in [5.41, 5.74) is 0.313. The number of carbonyl (C=O) groups excluding carboxylic acids is 3. The van der Waals surface area contributed by atoms with E-state index in [-0.39, 0.29) is 29.0 Å². The molecular formula is C22H27NO8. The van der Waals surface area contributed by atoms with E-state index in [4.69, 9.17) is 14.2 Å². The summed E-state index contributed by atoms with van der Waals surface area (Å²) < 4.78 is 16.0. The number of hydrogen-bond acceptors (Lipinski definition) is 7. The summed E-state index contributed by atoms with van der Waals surface area (Å²) in [5.74, 6) is -4.71. The number of nitrogens with one attached hydrogen (secondary N) is 1. The van der Waals surface area contributed by atoms with Crippen LogP contribution in [0.3, 0.4) is 0 Å². The molecule has 1 amide bonds. The van der Waals surface area contributed by atoms with Gasteiger partial charge in [-0.1, -0.05) is 0 Å². The molecule has 2 fully saturated rings. The first kappa shape index (κ1) is 22.7. The molecule has 9 nitrogen and oxygen atoms in total. The van der Waals surface area contributed by atoms with Gasteiger partial charge in [0.05, 0.1) is 47.4 Å². The SMILES string of the molecule is CC(C)OC(=O)c1cc(NC(=O)[C@@H]2[C@@H](C(=O)O)[C@H]3CC[C@H]2O3)cc(C(=O)OC(C)C)c1. The van der Waals surface area contributed by atoms with Crippen molar-refractivity contribution in [3.05, 3.63) is 29.3 Å². The van der Waals surface area contributed by atoms with E-state index >= 15 is 0 Å². The topological polar surface area (TPSA) is 128 Å². The largest absolute Gasteiger partial charge is 0.481 e. The van der Waals surface area contributed by atoms with Gasteiger partial charge in [0.2, 0.25) is 5.91 Å². The highest BCUT2D eigenvalue weighted by atomic mass is 16.5. The van der Waals surface area contributed by atoms with Crippen LogP contribution in [0.5, 0.6) is 0 Å². The van der Waals surface area contributed by atoms with Crippen molar-refractivity contribution < 1.29 is 38.5 Å². The molecule has 31 heavy (non-hydrogen) atoms. The highest BCUT2D eigenvalue weighted by molar-refractivity contribution is 6.01. The predicted molar refractivity (Wildman–Crippen MR) is 109 cm³/mol. The Morgan fingerprint density at radius 3 is 1.84 bits per heavy atom. The molecular weight excluding hydrogens is 406 g/mol. The van der Waals surface area contributed by atoms with Gasteiger partial charge in [-0.05, 0) is 58.7 Å². The quantitative estimate of drug-likeness (QED) is 0.628. The lowest BCUT2D eigenvalue weighted by atomic mass is 9.78. The normalized spacial score (nSPS) is 24.3. The summed E-state index contributed by atoms with van der Waals surface area (Å²) >= 11 is 0. The van der Waals surface area contributed by atoms with Crippen LogP contribution in [0.1, 0.15) is 61.3 Å². The van der Waals surface area contributed by atoms with Crippen molar-refractivity contribution in [1.82, 2.24) is 0 Å². The Morgan fingerprint density at radius 1 is 0.903 bits per heavy atom. The molecule has 0 saturated carbocycles. The van der Waals surface area contributed by atoms with E-state index in [9.17, 15) is 24.3 Å². The number of carboxylic acids is 1. The van der Waals surface area contributed by atoms with Crippen LogP contribution in [-0.2, 0) is 23.8 Å². The van der Waals surface area contributed by atoms with Gasteiger partial charge in [0, 0.05) is 5.69 Å². The van der Waals surface area contributed by atoms with Crippen LogP contribution in [-0.4, -0.2) is 53.3 Å². The number of fused-ring (bicyclic) bond motifs is 2. The van der Waals surface area contributed by atoms with Gasteiger partial charge in [-0.25, -0.2) is 9.59 Å². The van der Waals surface area contributed by atoms with Crippen molar-refractivity contribution in [1.29, 1.82) is 0 Å². The van der Waals surface area contributed by atoms with E-state index in [1.807, 2.05) is 0 Å². The van der Waals surface area contributed by atoms with Gasteiger partial charge in [-0.2, -0.15) is 0 Å². The summed E-state index contributed by atoms with van der Waals surface area (Å²) in [6.45, 7) is 6.77. The molecule has 3 rings (SSSR count). The van der Waals surface area contributed by atoms with Gasteiger partial charge < -0.3 is 24.6 Å². The van der Waals surface area contributed by atoms with Crippen LogP contribution in [0.15, 0.2) is 18.2 Å². The highest BCUT2D eigenvalue weighted by Crippen LogP contribution is 2.44. The first-order chi connectivity index (χ1) is 14.6. The van der Waals surface area contributed by atoms with E-state index in [1.165, 1.54) is 18.2 Å². The van der Waals surface area contributed by atoms with E-state index in [0.29, 0.717) is 12.8 Å². The van der Waals surface area contributed by atoms with Gasteiger partial charge >= 0.3 is 17.9 Å². The molecule has 0 aromatic heterocycles. The lowest BCUT2D eigenvalue weighted by Gasteiger charge is -2.24. The molecule has 0 unspecified atom stereocenters. The van der Waals surface area contributed by atoms with Crippen molar-refractivity contribution in [2.24, 2.45) is 11.8 Å². The van der Waals surface area contributed by atoms with E-state index in [2.05, 4.69) is 5.32 Å². The van der Waals surface area contributed by atoms with Gasteiger partial charge in [0.25, 0.3) is 0 Å². The fraction of sp³-hybridized carbons (Fsp3) is 0.545. The molecule has 2 heterocycles. The highest BCUT2D eigenvalue weighted by Gasteiger charge is 2.55. The van der Waals surface area contributed by atoms with E-state index in [0.717, 1.165) is 0 Å². The minimum atomic E-state index is -1.08. The zero-order valence-corrected chi connectivity index (χ0v) is 17.9. The molecule has 2 aliphatic rings. The van der Waals surface area contributed by atoms with Gasteiger partial charge in [0.1, 0.15) is 0 Å². The molecule has 168 valence electrons. The zero-order valence-electron chi connectivity index (χ0n) is 17.9. The Hall–Kier alpha value is -2.94. The van der Waals surface area contributed by atoms with Crippen LogP contribution >= 0.6 is 0 Å². The molecule has 0 radical (unpaired) electrons. The van der Waals surface area contributed by atoms with Crippen LogP contribution in [0.2, 0.25) is 0 Å². The Kier molecular flexibility index (Phi) is 6.64. The molecule has 2 bridgehead atoms. The molecule has 0 spiro atoms. The molecule has 0 aliphatic carbocycles. The average Bonchev–Trinajstić information content (AvgIpc) is 3.28. The monoisotopic (exact) mass is 433 g/mol. The Balaban J connectivity index is 1.88. The molecule has 9 heteroatoms. The number of anilines is 1. The second-order valence-electron chi connectivity index (χ2n) is 8.38. The first-order valence-electron chi connectivity index (χ1n) is 10.3. The first-order valence-corrected chi connectivity index (χ1v) is 10.3.